The van der Waals surface area contributed by atoms with Gasteiger partial charge in [-0.25, -0.2) is 4.98 Å². The van der Waals surface area contributed by atoms with Crippen LogP contribution in [-0.4, -0.2) is 25.1 Å². The molecule has 0 spiro atoms. The SMILES string of the molecule is CCc1c(CO)nnn1-c1nccs1. The molecule has 0 bridgehead atoms. The standard InChI is InChI=1S/C8H10N4OS/c1-2-7-6(5-13)10-11-12(7)8-9-3-4-14-8/h3-4,13H,2,5H2,1H3. The Morgan fingerprint density at radius 1 is 1.57 bits per heavy atom. The summed E-state index contributed by atoms with van der Waals surface area (Å²) in [6.45, 7) is 1.93. The molecule has 6 heteroatoms. The fourth-order valence-electron chi connectivity index (χ4n) is 1.28. The van der Waals surface area contributed by atoms with Crippen LogP contribution < -0.4 is 0 Å². The van der Waals surface area contributed by atoms with E-state index in [1.807, 2.05) is 12.3 Å². The summed E-state index contributed by atoms with van der Waals surface area (Å²) in [5.74, 6) is 0. The van der Waals surface area contributed by atoms with E-state index in [1.54, 1.807) is 10.9 Å². The fourth-order valence-corrected chi connectivity index (χ4v) is 1.90. The first-order valence-corrected chi connectivity index (χ1v) is 5.19. The molecule has 0 aliphatic rings. The van der Waals surface area contributed by atoms with Crippen molar-refractivity contribution in [3.05, 3.63) is 23.0 Å². The first-order chi connectivity index (χ1) is 6.86. The van der Waals surface area contributed by atoms with Gasteiger partial charge in [-0.15, -0.1) is 16.4 Å². The Labute approximate surface area is 85.0 Å². The van der Waals surface area contributed by atoms with Crippen LogP contribution in [0.2, 0.25) is 0 Å². The van der Waals surface area contributed by atoms with E-state index in [1.165, 1.54) is 11.3 Å². The Hall–Kier alpha value is -1.27. The Bertz CT molecular complexity index is 409. The highest BCUT2D eigenvalue weighted by Gasteiger charge is 2.12. The minimum Gasteiger partial charge on any atom is -0.390 e. The van der Waals surface area contributed by atoms with Crippen molar-refractivity contribution in [3.63, 3.8) is 0 Å². The van der Waals surface area contributed by atoms with E-state index in [4.69, 9.17) is 5.11 Å². The van der Waals surface area contributed by atoms with E-state index in [0.717, 1.165) is 17.2 Å². The van der Waals surface area contributed by atoms with Gasteiger partial charge in [0, 0.05) is 11.6 Å². The molecule has 74 valence electrons. The lowest BCUT2D eigenvalue weighted by atomic mass is 10.3. The largest absolute Gasteiger partial charge is 0.390 e. The van der Waals surface area contributed by atoms with Gasteiger partial charge in [0.25, 0.3) is 0 Å². The van der Waals surface area contributed by atoms with E-state index in [0.29, 0.717) is 5.69 Å². The van der Waals surface area contributed by atoms with Crippen molar-refractivity contribution in [1.82, 2.24) is 20.0 Å². The molecule has 0 saturated heterocycles. The van der Waals surface area contributed by atoms with Crippen LogP contribution in [0.1, 0.15) is 18.3 Å². The van der Waals surface area contributed by atoms with Crippen molar-refractivity contribution in [2.45, 2.75) is 20.0 Å². The normalized spacial score (nSPS) is 10.7. The van der Waals surface area contributed by atoms with Crippen LogP contribution in [0.3, 0.4) is 0 Å². The number of hydrogen-bond acceptors (Lipinski definition) is 5. The van der Waals surface area contributed by atoms with Gasteiger partial charge in [0.05, 0.1) is 12.3 Å². The topological polar surface area (TPSA) is 63.8 Å². The van der Waals surface area contributed by atoms with Crippen molar-refractivity contribution in [2.24, 2.45) is 0 Å². The average Bonchev–Trinajstić information content (AvgIpc) is 2.85. The summed E-state index contributed by atoms with van der Waals surface area (Å²) in [4.78, 5) is 4.14. The maximum atomic E-state index is 9.03. The number of thiazole rings is 1. The molecule has 1 N–H and O–H groups in total. The third-order valence-corrected chi connectivity index (χ3v) is 2.68. The van der Waals surface area contributed by atoms with Gasteiger partial charge in [-0.3, -0.25) is 0 Å². The lowest BCUT2D eigenvalue weighted by Crippen LogP contribution is -2.02. The summed E-state index contributed by atoms with van der Waals surface area (Å²) in [6.07, 6.45) is 2.50. The van der Waals surface area contributed by atoms with Crippen molar-refractivity contribution >= 4 is 11.3 Å². The van der Waals surface area contributed by atoms with Crippen LogP contribution in [0.5, 0.6) is 0 Å². The van der Waals surface area contributed by atoms with Crippen molar-refractivity contribution < 1.29 is 5.11 Å². The first kappa shape index (κ1) is 9.29. The monoisotopic (exact) mass is 210 g/mol. The predicted molar refractivity (Wildman–Crippen MR) is 52.3 cm³/mol. The molecule has 2 rings (SSSR count). The van der Waals surface area contributed by atoms with E-state index in [-0.39, 0.29) is 6.61 Å². The van der Waals surface area contributed by atoms with Gasteiger partial charge < -0.3 is 5.11 Å². The zero-order valence-corrected chi connectivity index (χ0v) is 8.53. The zero-order chi connectivity index (χ0) is 9.97. The maximum Gasteiger partial charge on any atom is 0.211 e. The minimum absolute atomic E-state index is 0.0749. The van der Waals surface area contributed by atoms with E-state index in [9.17, 15) is 0 Å². The Balaban J connectivity index is 2.48. The van der Waals surface area contributed by atoms with Crippen LogP contribution >= 0.6 is 11.3 Å². The van der Waals surface area contributed by atoms with Gasteiger partial charge in [-0.2, -0.15) is 4.68 Å². The molecule has 2 heterocycles. The summed E-state index contributed by atoms with van der Waals surface area (Å²) in [6, 6.07) is 0. The second kappa shape index (κ2) is 3.85. The molecule has 0 fully saturated rings. The third kappa shape index (κ3) is 1.42. The summed E-state index contributed by atoms with van der Waals surface area (Å²) in [5, 5.41) is 19.5. The van der Waals surface area contributed by atoms with Crippen LogP contribution in [0.25, 0.3) is 5.13 Å². The molecular formula is C8H10N4OS. The summed E-state index contributed by atoms with van der Waals surface area (Å²) in [5.41, 5.74) is 1.55. The van der Waals surface area contributed by atoms with E-state index < -0.39 is 0 Å². The molecule has 0 aromatic carbocycles. The molecule has 0 atom stereocenters. The lowest BCUT2D eigenvalue weighted by Gasteiger charge is -1.99. The molecule has 0 saturated carbocycles. The molecule has 5 nitrogen and oxygen atoms in total. The smallest absolute Gasteiger partial charge is 0.211 e. The molecule has 0 radical (unpaired) electrons. The zero-order valence-electron chi connectivity index (χ0n) is 7.71. The van der Waals surface area contributed by atoms with E-state index in [2.05, 4.69) is 15.3 Å². The number of aromatic nitrogens is 4. The quantitative estimate of drug-likeness (QED) is 0.813. The van der Waals surface area contributed by atoms with Crippen LogP contribution in [0, 0.1) is 0 Å². The van der Waals surface area contributed by atoms with E-state index >= 15 is 0 Å². The van der Waals surface area contributed by atoms with Crippen LogP contribution in [0.15, 0.2) is 11.6 Å². The van der Waals surface area contributed by atoms with Gasteiger partial charge in [-0.05, 0) is 6.42 Å². The molecule has 0 aliphatic carbocycles. The fraction of sp³-hybridized carbons (Fsp3) is 0.375. The molecule has 0 aliphatic heterocycles. The number of hydrogen-bond donors (Lipinski definition) is 1. The third-order valence-electron chi connectivity index (χ3n) is 1.93. The van der Waals surface area contributed by atoms with Gasteiger partial charge in [-0.1, -0.05) is 12.1 Å². The average molecular weight is 210 g/mol. The summed E-state index contributed by atoms with van der Waals surface area (Å²) in [7, 11) is 0. The molecule has 2 aromatic rings. The number of aliphatic hydroxyl groups excluding tert-OH is 1. The number of rotatable bonds is 3. The van der Waals surface area contributed by atoms with Crippen LogP contribution in [0.4, 0.5) is 0 Å². The summed E-state index contributed by atoms with van der Waals surface area (Å²) < 4.78 is 1.68. The lowest BCUT2D eigenvalue weighted by molar-refractivity contribution is 0.275. The van der Waals surface area contributed by atoms with Gasteiger partial charge >= 0.3 is 0 Å². The number of nitrogens with zero attached hydrogens (tertiary/aromatic N) is 4. The highest BCUT2D eigenvalue weighted by atomic mass is 32.1. The van der Waals surface area contributed by atoms with Gasteiger partial charge in [0.1, 0.15) is 5.69 Å². The first-order valence-electron chi connectivity index (χ1n) is 4.31. The minimum atomic E-state index is -0.0749. The van der Waals surface area contributed by atoms with Crippen molar-refractivity contribution in [3.8, 4) is 5.13 Å². The molecule has 0 unspecified atom stereocenters. The second-order valence-corrected chi connectivity index (χ2v) is 3.59. The van der Waals surface area contributed by atoms with Crippen LogP contribution in [-0.2, 0) is 13.0 Å². The molecule has 2 aromatic heterocycles. The second-order valence-electron chi connectivity index (χ2n) is 2.72. The highest BCUT2D eigenvalue weighted by Crippen LogP contribution is 2.15. The number of aliphatic hydroxyl groups is 1. The van der Waals surface area contributed by atoms with Gasteiger partial charge in [0.2, 0.25) is 5.13 Å². The highest BCUT2D eigenvalue weighted by molar-refractivity contribution is 7.12. The molecular weight excluding hydrogens is 200 g/mol. The van der Waals surface area contributed by atoms with Crippen molar-refractivity contribution in [2.75, 3.05) is 0 Å². The van der Waals surface area contributed by atoms with Gasteiger partial charge in [0.15, 0.2) is 0 Å². The predicted octanol–water partition coefficient (Wildman–Crippen LogP) is 0.779. The summed E-state index contributed by atoms with van der Waals surface area (Å²) >= 11 is 1.50. The molecule has 14 heavy (non-hydrogen) atoms. The Morgan fingerprint density at radius 3 is 3.00 bits per heavy atom. The molecule has 0 amide bonds. The maximum absolute atomic E-state index is 9.03. The Morgan fingerprint density at radius 2 is 2.43 bits per heavy atom. The Kier molecular flexibility index (Phi) is 2.55. The van der Waals surface area contributed by atoms with Crippen molar-refractivity contribution in [1.29, 1.82) is 0 Å².